The minimum absolute atomic E-state index is 0.0418. The summed E-state index contributed by atoms with van der Waals surface area (Å²) in [5.41, 5.74) is -1.25. The lowest BCUT2D eigenvalue weighted by Gasteiger charge is -2.23. The topological polar surface area (TPSA) is 4.36 Å². The molecular formula is C12H12F3N. The van der Waals surface area contributed by atoms with Crippen molar-refractivity contribution in [2.24, 2.45) is 0 Å². The summed E-state index contributed by atoms with van der Waals surface area (Å²) in [6.45, 7) is 10.1. The van der Waals surface area contributed by atoms with Crippen molar-refractivity contribution in [1.29, 1.82) is 0 Å². The van der Waals surface area contributed by atoms with Crippen molar-refractivity contribution in [2.45, 2.75) is 25.4 Å². The van der Waals surface area contributed by atoms with Crippen LogP contribution in [0.5, 0.6) is 0 Å². The van der Waals surface area contributed by atoms with E-state index in [-0.39, 0.29) is 12.1 Å². The van der Waals surface area contributed by atoms with E-state index < -0.39 is 17.2 Å². The van der Waals surface area contributed by atoms with Crippen molar-refractivity contribution in [3.8, 4) is 0 Å². The van der Waals surface area contributed by atoms with Crippen LogP contribution in [0, 0.1) is 6.57 Å². The van der Waals surface area contributed by atoms with Crippen LogP contribution in [0.25, 0.3) is 4.85 Å². The van der Waals surface area contributed by atoms with Crippen LogP contribution in [0.2, 0.25) is 0 Å². The third kappa shape index (κ3) is 2.54. The molecule has 1 nitrogen and oxygen atoms in total. The van der Waals surface area contributed by atoms with E-state index in [0.29, 0.717) is 0 Å². The molecule has 1 aromatic rings. The lowest BCUT2D eigenvalue weighted by Crippen LogP contribution is -2.25. The van der Waals surface area contributed by atoms with Gasteiger partial charge < -0.3 is 4.85 Å². The van der Waals surface area contributed by atoms with E-state index in [1.165, 1.54) is 12.1 Å². The number of rotatable bonds is 2. The van der Waals surface area contributed by atoms with Gasteiger partial charge in [-0.3, -0.25) is 0 Å². The molecule has 0 amide bonds. The Morgan fingerprint density at radius 1 is 1.12 bits per heavy atom. The van der Waals surface area contributed by atoms with Gasteiger partial charge in [0.1, 0.15) is 0 Å². The molecule has 0 heterocycles. The maximum Gasteiger partial charge on any atom is 0.416 e. The van der Waals surface area contributed by atoms with Crippen molar-refractivity contribution in [3.05, 3.63) is 46.8 Å². The summed E-state index contributed by atoms with van der Waals surface area (Å²) in [5, 5.41) is 0. The highest BCUT2D eigenvalue weighted by Gasteiger charge is 2.38. The van der Waals surface area contributed by atoms with Gasteiger partial charge in [-0.2, -0.15) is 13.2 Å². The van der Waals surface area contributed by atoms with Gasteiger partial charge in [0.05, 0.1) is 11.0 Å². The molecule has 0 unspecified atom stereocenters. The Morgan fingerprint density at radius 3 is 2.06 bits per heavy atom. The van der Waals surface area contributed by atoms with Gasteiger partial charge in [0, 0.05) is 0 Å². The average Bonchev–Trinajstić information content (AvgIpc) is 2.16. The normalized spacial score (nSPS) is 12.2. The Hall–Kier alpha value is -1.50. The summed E-state index contributed by atoms with van der Waals surface area (Å²) in [6, 6.07) is 5.42. The molecule has 0 bridgehead atoms. The van der Waals surface area contributed by atoms with Gasteiger partial charge in [-0.15, -0.1) is 0 Å². The maximum absolute atomic E-state index is 12.7. The molecule has 1 aromatic carbocycles. The second kappa shape index (κ2) is 4.17. The third-order valence-corrected chi connectivity index (χ3v) is 2.44. The average molecular weight is 227 g/mol. The SMILES string of the molecule is [C-]#[N+]CC(C)(C)c1ccccc1C(F)(F)F. The van der Waals surface area contributed by atoms with Gasteiger partial charge in [0.2, 0.25) is 6.54 Å². The summed E-state index contributed by atoms with van der Waals surface area (Å²) < 4.78 is 38.2. The van der Waals surface area contributed by atoms with Gasteiger partial charge >= 0.3 is 6.18 Å². The molecule has 4 heteroatoms. The molecular weight excluding hydrogens is 215 g/mol. The molecule has 0 aliphatic rings. The number of hydrogen-bond acceptors (Lipinski definition) is 0. The molecule has 1 rings (SSSR count). The summed E-state index contributed by atoms with van der Waals surface area (Å²) in [4.78, 5) is 3.19. The van der Waals surface area contributed by atoms with E-state index in [2.05, 4.69) is 4.85 Å². The highest BCUT2D eigenvalue weighted by atomic mass is 19.4. The summed E-state index contributed by atoms with van der Waals surface area (Å²) >= 11 is 0. The molecule has 0 spiro atoms. The zero-order chi connectivity index (χ0) is 12.4. The minimum Gasteiger partial charge on any atom is -0.316 e. The van der Waals surface area contributed by atoms with Crippen LogP contribution in [-0.4, -0.2) is 6.54 Å². The number of alkyl halides is 3. The lowest BCUT2D eigenvalue weighted by molar-refractivity contribution is -0.138. The number of hydrogen-bond donors (Lipinski definition) is 0. The molecule has 0 N–H and O–H groups in total. The van der Waals surface area contributed by atoms with Crippen LogP contribution >= 0.6 is 0 Å². The molecule has 0 saturated heterocycles. The Labute approximate surface area is 92.7 Å². The van der Waals surface area contributed by atoms with Crippen LogP contribution in [0.4, 0.5) is 13.2 Å². The van der Waals surface area contributed by atoms with Crippen molar-refractivity contribution in [1.82, 2.24) is 0 Å². The second-order valence-corrected chi connectivity index (χ2v) is 4.24. The third-order valence-electron chi connectivity index (χ3n) is 2.44. The Kier molecular flexibility index (Phi) is 3.27. The fourth-order valence-corrected chi connectivity index (χ4v) is 1.60. The zero-order valence-corrected chi connectivity index (χ0v) is 9.10. The summed E-state index contributed by atoms with van der Waals surface area (Å²) in [6.07, 6.45) is -4.37. The fraction of sp³-hybridized carbons (Fsp3) is 0.417. The van der Waals surface area contributed by atoms with Crippen molar-refractivity contribution >= 4 is 0 Å². The molecule has 0 aliphatic heterocycles. The van der Waals surface area contributed by atoms with E-state index in [9.17, 15) is 13.2 Å². The van der Waals surface area contributed by atoms with Crippen molar-refractivity contribution < 1.29 is 13.2 Å². The number of benzene rings is 1. The highest BCUT2D eigenvalue weighted by Crippen LogP contribution is 2.37. The van der Waals surface area contributed by atoms with E-state index >= 15 is 0 Å². The Balaban J connectivity index is 3.30. The molecule has 0 atom stereocenters. The Morgan fingerprint density at radius 2 is 1.62 bits per heavy atom. The number of halogens is 3. The standard InChI is InChI=1S/C12H12F3N/c1-11(2,8-16-3)9-6-4-5-7-10(9)12(13,14)15/h4-7H,8H2,1-2H3. The maximum atomic E-state index is 12.7. The molecule has 86 valence electrons. The zero-order valence-electron chi connectivity index (χ0n) is 9.10. The quantitative estimate of drug-likeness (QED) is 0.675. The highest BCUT2D eigenvalue weighted by molar-refractivity contribution is 5.36. The number of nitrogens with zero attached hydrogens (tertiary/aromatic N) is 1. The van der Waals surface area contributed by atoms with Gasteiger partial charge in [-0.25, -0.2) is 6.57 Å². The van der Waals surface area contributed by atoms with Crippen LogP contribution in [0.3, 0.4) is 0 Å². The van der Waals surface area contributed by atoms with E-state index in [4.69, 9.17) is 6.57 Å². The van der Waals surface area contributed by atoms with Crippen LogP contribution in [-0.2, 0) is 11.6 Å². The first-order valence-corrected chi connectivity index (χ1v) is 4.79. The predicted octanol–water partition coefficient (Wildman–Crippen LogP) is 3.90. The molecule has 0 aromatic heterocycles. The van der Waals surface area contributed by atoms with E-state index in [1.54, 1.807) is 19.9 Å². The summed E-state index contributed by atoms with van der Waals surface area (Å²) in [7, 11) is 0. The van der Waals surface area contributed by atoms with Gasteiger partial charge in [0.15, 0.2) is 0 Å². The molecule has 0 aliphatic carbocycles. The molecule has 0 radical (unpaired) electrons. The smallest absolute Gasteiger partial charge is 0.316 e. The Bertz CT molecular complexity index is 413. The van der Waals surface area contributed by atoms with E-state index in [0.717, 1.165) is 6.07 Å². The first-order valence-electron chi connectivity index (χ1n) is 4.79. The predicted molar refractivity (Wildman–Crippen MR) is 55.9 cm³/mol. The molecule has 0 fully saturated rings. The monoisotopic (exact) mass is 227 g/mol. The van der Waals surface area contributed by atoms with Crippen molar-refractivity contribution in [3.63, 3.8) is 0 Å². The van der Waals surface area contributed by atoms with Crippen LogP contribution in [0.15, 0.2) is 24.3 Å². The molecule has 16 heavy (non-hydrogen) atoms. The second-order valence-electron chi connectivity index (χ2n) is 4.24. The first-order chi connectivity index (χ1) is 7.29. The minimum atomic E-state index is -4.37. The van der Waals surface area contributed by atoms with Crippen LogP contribution in [0.1, 0.15) is 25.0 Å². The van der Waals surface area contributed by atoms with E-state index in [1.807, 2.05) is 0 Å². The lowest BCUT2D eigenvalue weighted by atomic mass is 9.81. The van der Waals surface area contributed by atoms with Crippen molar-refractivity contribution in [2.75, 3.05) is 6.54 Å². The molecule has 0 saturated carbocycles. The first kappa shape index (κ1) is 12.6. The van der Waals surface area contributed by atoms with Gasteiger partial charge in [-0.05, 0) is 25.5 Å². The van der Waals surface area contributed by atoms with Gasteiger partial charge in [-0.1, -0.05) is 18.2 Å². The largest absolute Gasteiger partial charge is 0.416 e. The fourth-order valence-electron chi connectivity index (χ4n) is 1.60. The summed E-state index contributed by atoms with van der Waals surface area (Å²) in [5.74, 6) is 0. The van der Waals surface area contributed by atoms with Crippen LogP contribution < -0.4 is 0 Å². The van der Waals surface area contributed by atoms with Gasteiger partial charge in [0.25, 0.3) is 0 Å².